The maximum absolute atomic E-state index is 5.86. The van der Waals surface area contributed by atoms with Gasteiger partial charge in [-0.25, -0.2) is 4.98 Å². The van der Waals surface area contributed by atoms with E-state index in [9.17, 15) is 0 Å². The number of nitrogens with zero attached hydrogens (tertiary/aromatic N) is 1. The summed E-state index contributed by atoms with van der Waals surface area (Å²) in [5, 5.41) is 0.442. The quantitative estimate of drug-likeness (QED) is 0.886. The number of hydrogen-bond acceptors (Lipinski definition) is 1. The number of benzene rings is 1. The van der Waals surface area contributed by atoms with Gasteiger partial charge < -0.3 is 4.98 Å². The molecule has 2 nitrogen and oxygen atoms in total. The number of H-pyrrole nitrogens is 1. The third kappa shape index (κ3) is 2.08. The highest BCUT2D eigenvalue weighted by atomic mass is 79.9. The highest BCUT2D eigenvalue weighted by Gasteiger charge is 2.11. The summed E-state index contributed by atoms with van der Waals surface area (Å²) in [7, 11) is 0. The molecule has 1 heterocycles. The van der Waals surface area contributed by atoms with Crippen LogP contribution in [0.15, 0.2) is 28.7 Å². The number of hydrogen-bond donors (Lipinski definition) is 1. The lowest BCUT2D eigenvalue weighted by Crippen LogP contribution is -1.86. The number of imidazole rings is 1. The third-order valence-electron chi connectivity index (χ3n) is 2.23. The van der Waals surface area contributed by atoms with E-state index in [0.29, 0.717) is 5.28 Å². The fourth-order valence-electron chi connectivity index (χ4n) is 1.51. The average molecular weight is 286 g/mol. The molecule has 0 aliphatic carbocycles. The van der Waals surface area contributed by atoms with Crippen molar-refractivity contribution in [1.82, 2.24) is 9.97 Å². The van der Waals surface area contributed by atoms with Crippen LogP contribution >= 0.6 is 27.5 Å². The summed E-state index contributed by atoms with van der Waals surface area (Å²) < 4.78 is 1.03. The molecule has 1 aromatic heterocycles. The topological polar surface area (TPSA) is 28.7 Å². The van der Waals surface area contributed by atoms with Crippen molar-refractivity contribution in [2.45, 2.75) is 13.3 Å². The minimum absolute atomic E-state index is 0.442. The predicted molar refractivity (Wildman–Crippen MR) is 66.1 cm³/mol. The summed E-state index contributed by atoms with van der Waals surface area (Å²) >= 11 is 9.37. The van der Waals surface area contributed by atoms with Crippen molar-refractivity contribution in [2.24, 2.45) is 0 Å². The van der Waals surface area contributed by atoms with Gasteiger partial charge in [0.25, 0.3) is 0 Å². The Morgan fingerprint density at radius 3 is 2.80 bits per heavy atom. The van der Waals surface area contributed by atoms with E-state index in [4.69, 9.17) is 11.6 Å². The second-order valence-electron chi connectivity index (χ2n) is 3.19. The first kappa shape index (κ1) is 10.7. The van der Waals surface area contributed by atoms with Crippen LogP contribution in [0.1, 0.15) is 12.6 Å². The Bertz CT molecular complexity index is 479. The maximum Gasteiger partial charge on any atom is 0.200 e. The van der Waals surface area contributed by atoms with Crippen LogP contribution in [0.25, 0.3) is 11.3 Å². The third-order valence-corrected chi connectivity index (χ3v) is 3.10. The molecule has 0 bridgehead atoms. The second-order valence-corrected chi connectivity index (χ2v) is 4.40. The standard InChI is InChI=1S/C11H10BrClN2/c1-2-9-10(15-11(13)14-9)7-5-3-4-6-8(7)12/h3-6H,2H2,1H3,(H,14,15). The highest BCUT2D eigenvalue weighted by Crippen LogP contribution is 2.30. The van der Waals surface area contributed by atoms with Gasteiger partial charge in [-0.2, -0.15) is 0 Å². The van der Waals surface area contributed by atoms with Gasteiger partial charge in [-0.05, 0) is 24.1 Å². The summed E-state index contributed by atoms with van der Waals surface area (Å²) in [5.74, 6) is 0. The number of aryl methyl sites for hydroxylation is 1. The molecule has 0 saturated carbocycles. The van der Waals surface area contributed by atoms with Crippen molar-refractivity contribution in [3.63, 3.8) is 0 Å². The van der Waals surface area contributed by atoms with Crippen molar-refractivity contribution in [1.29, 1.82) is 0 Å². The summed E-state index contributed by atoms with van der Waals surface area (Å²) in [6, 6.07) is 7.99. The number of rotatable bonds is 2. The molecule has 0 aliphatic rings. The number of aromatic nitrogens is 2. The Morgan fingerprint density at radius 2 is 2.13 bits per heavy atom. The maximum atomic E-state index is 5.86. The molecule has 0 saturated heterocycles. The van der Waals surface area contributed by atoms with E-state index in [-0.39, 0.29) is 0 Å². The minimum atomic E-state index is 0.442. The number of halogens is 2. The summed E-state index contributed by atoms with van der Waals surface area (Å²) in [6.45, 7) is 2.07. The Balaban J connectivity index is 2.58. The first-order chi connectivity index (χ1) is 7.22. The Morgan fingerprint density at radius 1 is 1.40 bits per heavy atom. The van der Waals surface area contributed by atoms with Gasteiger partial charge in [-0.1, -0.05) is 41.1 Å². The lowest BCUT2D eigenvalue weighted by Gasteiger charge is -2.02. The lowest BCUT2D eigenvalue weighted by atomic mass is 10.1. The van der Waals surface area contributed by atoms with Gasteiger partial charge in [-0.15, -0.1) is 0 Å². The molecule has 0 amide bonds. The van der Waals surface area contributed by atoms with Gasteiger partial charge in [0.05, 0.1) is 5.69 Å². The van der Waals surface area contributed by atoms with E-state index in [2.05, 4.69) is 32.8 Å². The van der Waals surface area contributed by atoms with Crippen molar-refractivity contribution < 1.29 is 0 Å². The largest absolute Gasteiger partial charge is 0.332 e. The molecule has 1 N–H and O–H groups in total. The molecule has 1 aromatic carbocycles. The zero-order chi connectivity index (χ0) is 10.8. The molecular weight excluding hydrogens is 275 g/mol. The highest BCUT2D eigenvalue weighted by molar-refractivity contribution is 9.10. The van der Waals surface area contributed by atoms with Crippen LogP contribution in [0.5, 0.6) is 0 Å². The molecule has 0 spiro atoms. The Hall–Kier alpha value is -0.800. The average Bonchev–Trinajstić information content (AvgIpc) is 2.60. The van der Waals surface area contributed by atoms with Gasteiger partial charge in [0, 0.05) is 15.7 Å². The fraction of sp³-hybridized carbons (Fsp3) is 0.182. The van der Waals surface area contributed by atoms with Gasteiger partial charge in [0.15, 0.2) is 0 Å². The van der Waals surface area contributed by atoms with Crippen molar-refractivity contribution in [3.8, 4) is 11.3 Å². The summed E-state index contributed by atoms with van der Waals surface area (Å²) in [6.07, 6.45) is 0.885. The molecule has 2 rings (SSSR count). The fourth-order valence-corrected chi connectivity index (χ4v) is 2.18. The first-order valence-corrected chi connectivity index (χ1v) is 5.88. The molecule has 0 unspecified atom stereocenters. The number of nitrogens with one attached hydrogen (secondary N) is 1. The van der Waals surface area contributed by atoms with Gasteiger partial charge in [0.2, 0.25) is 5.28 Å². The van der Waals surface area contributed by atoms with Crippen LogP contribution in [0, 0.1) is 0 Å². The zero-order valence-electron chi connectivity index (χ0n) is 8.22. The molecule has 0 atom stereocenters. The van der Waals surface area contributed by atoms with Crippen molar-refractivity contribution in [3.05, 3.63) is 39.7 Å². The number of aromatic amines is 1. The van der Waals surface area contributed by atoms with Crippen LogP contribution in [-0.2, 0) is 6.42 Å². The van der Waals surface area contributed by atoms with Gasteiger partial charge in [-0.3, -0.25) is 0 Å². The van der Waals surface area contributed by atoms with Crippen LogP contribution in [0.3, 0.4) is 0 Å². The zero-order valence-corrected chi connectivity index (χ0v) is 10.6. The van der Waals surface area contributed by atoms with E-state index in [1.807, 2.05) is 24.3 Å². The Kier molecular flexibility index (Phi) is 3.12. The molecule has 0 aliphatic heterocycles. The molecule has 0 radical (unpaired) electrons. The van der Waals surface area contributed by atoms with Crippen LogP contribution in [-0.4, -0.2) is 9.97 Å². The van der Waals surface area contributed by atoms with Gasteiger partial charge in [0.1, 0.15) is 0 Å². The van der Waals surface area contributed by atoms with E-state index >= 15 is 0 Å². The van der Waals surface area contributed by atoms with E-state index < -0.39 is 0 Å². The molecule has 78 valence electrons. The van der Waals surface area contributed by atoms with E-state index in [1.54, 1.807) is 0 Å². The normalized spacial score (nSPS) is 10.6. The molecule has 15 heavy (non-hydrogen) atoms. The SMILES string of the molecule is CCc1[nH]c(Cl)nc1-c1ccccc1Br. The molecular formula is C11H10BrClN2. The lowest BCUT2D eigenvalue weighted by molar-refractivity contribution is 1.07. The first-order valence-electron chi connectivity index (χ1n) is 4.71. The monoisotopic (exact) mass is 284 g/mol. The molecule has 0 fully saturated rings. The molecule has 2 aromatic rings. The summed E-state index contributed by atoms with van der Waals surface area (Å²) in [5.41, 5.74) is 3.05. The Labute approximate surface area is 102 Å². The molecule has 4 heteroatoms. The summed E-state index contributed by atoms with van der Waals surface area (Å²) in [4.78, 5) is 7.35. The smallest absolute Gasteiger partial charge is 0.200 e. The van der Waals surface area contributed by atoms with E-state index in [1.165, 1.54) is 0 Å². The van der Waals surface area contributed by atoms with Crippen LogP contribution in [0.2, 0.25) is 5.28 Å². The van der Waals surface area contributed by atoms with Crippen LogP contribution in [0.4, 0.5) is 0 Å². The van der Waals surface area contributed by atoms with Crippen molar-refractivity contribution in [2.75, 3.05) is 0 Å². The van der Waals surface area contributed by atoms with E-state index in [0.717, 1.165) is 27.8 Å². The van der Waals surface area contributed by atoms with Crippen LogP contribution < -0.4 is 0 Å². The second kappa shape index (κ2) is 4.37. The van der Waals surface area contributed by atoms with Crippen molar-refractivity contribution >= 4 is 27.5 Å². The predicted octanol–water partition coefficient (Wildman–Crippen LogP) is 4.06. The minimum Gasteiger partial charge on any atom is -0.332 e. The van der Waals surface area contributed by atoms with Gasteiger partial charge >= 0.3 is 0 Å².